The molecule has 4 nitrogen and oxygen atoms in total. The van der Waals surface area contributed by atoms with Crippen LogP contribution < -0.4 is 4.74 Å². The van der Waals surface area contributed by atoms with Gasteiger partial charge >= 0.3 is 5.97 Å². The lowest BCUT2D eigenvalue weighted by Gasteiger charge is -2.03. The second kappa shape index (κ2) is 6.15. The van der Waals surface area contributed by atoms with Crippen LogP contribution in [0.3, 0.4) is 0 Å². The van der Waals surface area contributed by atoms with Crippen molar-refractivity contribution in [3.63, 3.8) is 0 Å². The van der Waals surface area contributed by atoms with E-state index in [9.17, 15) is 4.79 Å². The summed E-state index contributed by atoms with van der Waals surface area (Å²) in [5.41, 5.74) is 2.14. The zero-order valence-electron chi connectivity index (χ0n) is 11.7. The molecule has 0 aliphatic carbocycles. The minimum absolute atomic E-state index is 0.131. The van der Waals surface area contributed by atoms with Crippen LogP contribution in [0.4, 0.5) is 0 Å². The van der Waals surface area contributed by atoms with E-state index in [-0.39, 0.29) is 5.69 Å². The lowest BCUT2D eigenvalue weighted by Crippen LogP contribution is -2.08. The van der Waals surface area contributed by atoms with Gasteiger partial charge in [-0.05, 0) is 35.0 Å². The van der Waals surface area contributed by atoms with E-state index in [1.807, 2.05) is 37.3 Å². The first-order chi connectivity index (χ1) is 10.6. The van der Waals surface area contributed by atoms with Gasteiger partial charge in [-0.15, -0.1) is 0 Å². The molecule has 3 aromatic rings. The molecule has 1 heterocycles. The zero-order valence-corrected chi connectivity index (χ0v) is 13.3. The molecule has 0 saturated heterocycles. The van der Waals surface area contributed by atoms with Crippen molar-refractivity contribution < 1.29 is 14.1 Å². The quantitative estimate of drug-likeness (QED) is 0.506. The molecule has 3 rings (SSSR count). The fraction of sp³-hybridized carbons (Fsp3) is 0.0588. The maximum atomic E-state index is 12.1. The molecule has 0 radical (unpaired) electrons. The van der Waals surface area contributed by atoms with Gasteiger partial charge in [0.05, 0.1) is 4.47 Å². The molecule has 0 atom stereocenters. The van der Waals surface area contributed by atoms with Crippen LogP contribution in [0, 0.1) is 6.92 Å². The molecule has 5 heteroatoms. The monoisotopic (exact) mass is 357 g/mol. The summed E-state index contributed by atoms with van der Waals surface area (Å²) in [6.45, 7) is 2.00. The van der Waals surface area contributed by atoms with E-state index < -0.39 is 5.97 Å². The number of carbonyl (C=O) groups excluding carboxylic acids is 1. The van der Waals surface area contributed by atoms with Gasteiger partial charge in [-0.25, -0.2) is 4.79 Å². The Bertz CT molecular complexity index is 809. The Hall–Kier alpha value is -2.40. The van der Waals surface area contributed by atoms with Gasteiger partial charge in [-0.3, -0.25) is 0 Å². The molecule has 1 aromatic heterocycles. The number of hydrogen-bond donors (Lipinski definition) is 0. The van der Waals surface area contributed by atoms with Crippen molar-refractivity contribution in [2.24, 2.45) is 0 Å². The molecule has 2 aromatic carbocycles. The number of ether oxygens (including phenoxy) is 1. The van der Waals surface area contributed by atoms with Gasteiger partial charge in [-0.2, -0.15) is 0 Å². The number of aryl methyl sites for hydroxylation is 1. The average Bonchev–Trinajstić information content (AvgIpc) is 3.00. The van der Waals surface area contributed by atoms with Crippen molar-refractivity contribution in [3.05, 3.63) is 70.3 Å². The zero-order chi connectivity index (χ0) is 15.5. The molecule has 0 spiro atoms. The number of benzene rings is 2. The van der Waals surface area contributed by atoms with Crippen molar-refractivity contribution in [1.82, 2.24) is 5.16 Å². The van der Waals surface area contributed by atoms with Crippen molar-refractivity contribution in [1.29, 1.82) is 0 Å². The third-order valence-corrected chi connectivity index (χ3v) is 3.75. The first kappa shape index (κ1) is 14.5. The fourth-order valence-corrected chi connectivity index (χ4v) is 2.27. The Kier molecular flexibility index (Phi) is 4.06. The number of esters is 1. The molecule has 0 fully saturated rings. The molecule has 0 saturated carbocycles. The minimum Gasteiger partial charge on any atom is -0.421 e. The normalized spacial score (nSPS) is 10.5. The Balaban J connectivity index is 1.80. The van der Waals surface area contributed by atoms with Gasteiger partial charge in [0.15, 0.2) is 11.5 Å². The molecular weight excluding hydrogens is 346 g/mol. The lowest BCUT2D eigenvalue weighted by molar-refractivity contribution is 0.0723. The summed E-state index contributed by atoms with van der Waals surface area (Å²) in [6, 6.07) is 16.5. The van der Waals surface area contributed by atoms with E-state index >= 15 is 0 Å². The Morgan fingerprint density at radius 3 is 2.59 bits per heavy atom. The highest BCUT2D eigenvalue weighted by Crippen LogP contribution is 2.26. The number of halogens is 1. The molecule has 0 N–H and O–H groups in total. The Morgan fingerprint density at radius 2 is 1.86 bits per heavy atom. The molecule has 0 amide bonds. The van der Waals surface area contributed by atoms with Crippen LogP contribution in [0.5, 0.6) is 5.75 Å². The summed E-state index contributed by atoms with van der Waals surface area (Å²) < 4.78 is 11.2. The largest absolute Gasteiger partial charge is 0.421 e. The predicted molar refractivity (Wildman–Crippen MR) is 85.8 cm³/mol. The molecule has 0 aliphatic heterocycles. The SMILES string of the molecule is Cc1ccc(-c2cc(C(=O)Oc3ccccc3Br)no2)cc1. The van der Waals surface area contributed by atoms with E-state index in [1.54, 1.807) is 24.3 Å². The van der Waals surface area contributed by atoms with Crippen molar-refractivity contribution >= 4 is 21.9 Å². The van der Waals surface area contributed by atoms with Gasteiger partial charge < -0.3 is 9.26 Å². The van der Waals surface area contributed by atoms with Crippen molar-refractivity contribution in [2.45, 2.75) is 6.92 Å². The van der Waals surface area contributed by atoms with Gasteiger partial charge in [0.2, 0.25) is 0 Å². The van der Waals surface area contributed by atoms with Crippen molar-refractivity contribution in [3.8, 4) is 17.1 Å². The molecule has 0 bridgehead atoms. The van der Waals surface area contributed by atoms with E-state index in [2.05, 4.69) is 21.1 Å². The summed E-state index contributed by atoms with van der Waals surface area (Å²) in [5.74, 6) is 0.403. The highest BCUT2D eigenvalue weighted by Gasteiger charge is 2.16. The summed E-state index contributed by atoms with van der Waals surface area (Å²) in [4.78, 5) is 12.1. The van der Waals surface area contributed by atoms with E-state index in [0.717, 1.165) is 11.1 Å². The molecule has 22 heavy (non-hydrogen) atoms. The number of hydrogen-bond acceptors (Lipinski definition) is 4. The van der Waals surface area contributed by atoms with Crippen LogP contribution in [0.15, 0.2) is 63.6 Å². The maximum Gasteiger partial charge on any atom is 0.365 e. The molecule has 110 valence electrons. The van der Waals surface area contributed by atoms with Crippen LogP contribution in [0.1, 0.15) is 16.1 Å². The van der Waals surface area contributed by atoms with Crippen LogP contribution >= 0.6 is 15.9 Å². The highest BCUT2D eigenvalue weighted by atomic mass is 79.9. The van der Waals surface area contributed by atoms with Gasteiger partial charge in [-0.1, -0.05) is 47.1 Å². The van der Waals surface area contributed by atoms with Gasteiger partial charge in [0, 0.05) is 11.6 Å². The molecular formula is C17H12BrNO3. The standard InChI is InChI=1S/C17H12BrNO3/c1-11-6-8-12(9-7-11)16-10-14(19-22-16)17(20)21-15-5-3-2-4-13(15)18/h2-10H,1H3. The Morgan fingerprint density at radius 1 is 1.14 bits per heavy atom. The number of aromatic nitrogens is 1. The highest BCUT2D eigenvalue weighted by molar-refractivity contribution is 9.10. The van der Waals surface area contributed by atoms with Gasteiger partial charge in [0.1, 0.15) is 5.75 Å². The summed E-state index contributed by atoms with van der Waals surface area (Å²) >= 11 is 3.32. The van der Waals surface area contributed by atoms with Crippen LogP contribution in [-0.4, -0.2) is 11.1 Å². The summed E-state index contributed by atoms with van der Waals surface area (Å²) in [7, 11) is 0. The summed E-state index contributed by atoms with van der Waals surface area (Å²) in [5, 5.41) is 3.78. The topological polar surface area (TPSA) is 52.3 Å². The average molecular weight is 358 g/mol. The maximum absolute atomic E-state index is 12.1. The van der Waals surface area contributed by atoms with Crippen LogP contribution in [0.2, 0.25) is 0 Å². The van der Waals surface area contributed by atoms with Crippen LogP contribution in [-0.2, 0) is 0 Å². The van der Waals surface area contributed by atoms with Gasteiger partial charge in [0.25, 0.3) is 0 Å². The number of nitrogens with zero attached hydrogens (tertiary/aromatic N) is 1. The molecule has 0 unspecified atom stereocenters. The third kappa shape index (κ3) is 3.09. The lowest BCUT2D eigenvalue weighted by atomic mass is 10.1. The smallest absolute Gasteiger partial charge is 0.365 e. The second-order valence-corrected chi connectivity index (χ2v) is 5.62. The number of rotatable bonds is 3. The summed E-state index contributed by atoms with van der Waals surface area (Å²) in [6.07, 6.45) is 0. The first-order valence-electron chi connectivity index (χ1n) is 6.64. The number of carbonyl (C=O) groups is 1. The first-order valence-corrected chi connectivity index (χ1v) is 7.43. The molecule has 0 aliphatic rings. The van der Waals surface area contributed by atoms with E-state index in [0.29, 0.717) is 16.0 Å². The fourth-order valence-electron chi connectivity index (χ4n) is 1.90. The second-order valence-electron chi connectivity index (χ2n) is 4.76. The minimum atomic E-state index is -0.561. The van der Waals surface area contributed by atoms with E-state index in [1.165, 1.54) is 0 Å². The third-order valence-electron chi connectivity index (χ3n) is 3.09. The van der Waals surface area contributed by atoms with Crippen molar-refractivity contribution in [2.75, 3.05) is 0 Å². The Labute approximate surface area is 135 Å². The predicted octanol–water partition coefficient (Wildman–Crippen LogP) is 4.63. The van der Waals surface area contributed by atoms with Crippen LogP contribution in [0.25, 0.3) is 11.3 Å². The number of para-hydroxylation sites is 1. The van der Waals surface area contributed by atoms with E-state index in [4.69, 9.17) is 9.26 Å².